The third-order valence-corrected chi connectivity index (χ3v) is 3.43. The third kappa shape index (κ3) is 2.34. The zero-order valence-corrected chi connectivity index (χ0v) is 11.8. The van der Waals surface area contributed by atoms with E-state index in [9.17, 15) is 4.79 Å². The number of carbonyl (C=O) groups excluding carboxylic acids is 1. The Bertz CT molecular complexity index is 733. The van der Waals surface area contributed by atoms with Gasteiger partial charge in [-0.2, -0.15) is 0 Å². The summed E-state index contributed by atoms with van der Waals surface area (Å²) >= 11 is 5.99. The number of halogens is 1. The zero-order chi connectivity index (χ0) is 15.0. The first-order valence-electron chi connectivity index (χ1n) is 6.04. The van der Waals surface area contributed by atoms with Gasteiger partial charge in [-0.15, -0.1) is 0 Å². The Balaban J connectivity index is 2.10. The second-order valence-electron chi connectivity index (χ2n) is 4.32. The molecule has 1 aromatic carbocycles. The highest BCUT2D eigenvalue weighted by Gasteiger charge is 2.19. The number of nitrogens with zero attached hydrogens (tertiary/aromatic N) is 1. The van der Waals surface area contributed by atoms with Crippen LogP contribution in [0.25, 0.3) is 11.3 Å². The number of pyridine rings is 1. The molecule has 2 N–H and O–H groups in total. The highest BCUT2D eigenvalue weighted by Crippen LogP contribution is 2.36. The van der Waals surface area contributed by atoms with Gasteiger partial charge in [-0.1, -0.05) is 11.6 Å². The summed E-state index contributed by atoms with van der Waals surface area (Å²) in [6.07, 6.45) is 0. The fraction of sp³-hybridized carbons (Fsp3) is 0.143. The number of anilines is 1. The van der Waals surface area contributed by atoms with Crippen molar-refractivity contribution in [1.29, 1.82) is 0 Å². The molecular formula is C14H11ClN2O4. The van der Waals surface area contributed by atoms with Crippen LogP contribution in [0.1, 0.15) is 10.5 Å². The first-order valence-corrected chi connectivity index (χ1v) is 6.42. The predicted molar refractivity (Wildman–Crippen MR) is 76.6 cm³/mol. The van der Waals surface area contributed by atoms with Gasteiger partial charge in [0, 0.05) is 5.56 Å². The Morgan fingerprint density at radius 1 is 1.33 bits per heavy atom. The molecule has 7 heteroatoms. The molecule has 3 rings (SSSR count). The number of fused-ring (bicyclic) bond motifs is 1. The number of rotatable bonds is 2. The minimum atomic E-state index is -0.644. The standard InChI is InChI=1S/C14H11ClN2O4/c1-19-14(18)13-12(15)8(16)5-9(17-13)7-2-3-10-11(4-7)21-6-20-10/h2-5H,6H2,1H3,(H2,16,17). The maximum absolute atomic E-state index is 11.7. The van der Waals surface area contributed by atoms with Crippen LogP contribution in [0.2, 0.25) is 5.02 Å². The highest BCUT2D eigenvalue weighted by molar-refractivity contribution is 6.35. The van der Waals surface area contributed by atoms with Gasteiger partial charge in [0.25, 0.3) is 0 Å². The number of esters is 1. The lowest BCUT2D eigenvalue weighted by Gasteiger charge is -2.09. The Labute approximate surface area is 125 Å². The molecule has 0 saturated carbocycles. The third-order valence-electron chi connectivity index (χ3n) is 3.03. The quantitative estimate of drug-likeness (QED) is 0.858. The van der Waals surface area contributed by atoms with Crippen LogP contribution in [0.15, 0.2) is 24.3 Å². The van der Waals surface area contributed by atoms with E-state index in [1.165, 1.54) is 7.11 Å². The molecule has 0 amide bonds. The molecule has 0 aliphatic carbocycles. The summed E-state index contributed by atoms with van der Waals surface area (Å²) in [5.41, 5.74) is 7.28. The van der Waals surface area contributed by atoms with Crippen LogP contribution in [-0.2, 0) is 4.74 Å². The van der Waals surface area contributed by atoms with Gasteiger partial charge < -0.3 is 19.9 Å². The number of aromatic nitrogens is 1. The molecule has 0 saturated heterocycles. The molecule has 1 aliphatic rings. The van der Waals surface area contributed by atoms with E-state index in [4.69, 9.17) is 26.8 Å². The summed E-state index contributed by atoms with van der Waals surface area (Å²) in [6.45, 7) is 0.183. The minimum absolute atomic E-state index is 0.0215. The topological polar surface area (TPSA) is 83.7 Å². The van der Waals surface area contributed by atoms with Gasteiger partial charge in [-0.25, -0.2) is 9.78 Å². The first-order chi connectivity index (χ1) is 10.1. The van der Waals surface area contributed by atoms with Crippen molar-refractivity contribution in [3.8, 4) is 22.8 Å². The molecule has 21 heavy (non-hydrogen) atoms. The van der Waals surface area contributed by atoms with Gasteiger partial charge >= 0.3 is 5.97 Å². The van der Waals surface area contributed by atoms with E-state index in [0.29, 0.717) is 17.2 Å². The Kier molecular flexibility index (Phi) is 3.31. The van der Waals surface area contributed by atoms with Crippen LogP contribution in [-0.4, -0.2) is 24.9 Å². The minimum Gasteiger partial charge on any atom is -0.464 e. The van der Waals surface area contributed by atoms with Crippen molar-refractivity contribution in [1.82, 2.24) is 4.98 Å². The van der Waals surface area contributed by atoms with Crippen molar-refractivity contribution in [3.05, 3.63) is 35.0 Å². The van der Waals surface area contributed by atoms with Crippen LogP contribution in [0, 0.1) is 0 Å². The van der Waals surface area contributed by atoms with Gasteiger partial charge in [0.15, 0.2) is 17.2 Å². The molecule has 2 aromatic rings. The number of nitrogens with two attached hydrogens (primary N) is 1. The molecule has 6 nitrogen and oxygen atoms in total. The van der Waals surface area contributed by atoms with E-state index >= 15 is 0 Å². The van der Waals surface area contributed by atoms with Crippen LogP contribution in [0.3, 0.4) is 0 Å². The Morgan fingerprint density at radius 2 is 2.10 bits per heavy atom. The van der Waals surface area contributed by atoms with E-state index in [2.05, 4.69) is 9.72 Å². The second-order valence-corrected chi connectivity index (χ2v) is 4.70. The van der Waals surface area contributed by atoms with E-state index in [1.807, 2.05) is 0 Å². The Morgan fingerprint density at radius 3 is 2.86 bits per heavy atom. The van der Waals surface area contributed by atoms with E-state index in [-0.39, 0.29) is 23.2 Å². The lowest BCUT2D eigenvalue weighted by atomic mass is 10.1. The summed E-state index contributed by atoms with van der Waals surface area (Å²) in [7, 11) is 1.25. The molecule has 0 spiro atoms. The molecular weight excluding hydrogens is 296 g/mol. The van der Waals surface area contributed by atoms with Gasteiger partial charge in [0.2, 0.25) is 6.79 Å². The van der Waals surface area contributed by atoms with Crippen molar-refractivity contribution in [3.63, 3.8) is 0 Å². The predicted octanol–water partition coefficient (Wildman–Crippen LogP) is 2.50. The first kappa shape index (κ1) is 13.5. The monoisotopic (exact) mass is 306 g/mol. The van der Waals surface area contributed by atoms with E-state index < -0.39 is 5.97 Å². The molecule has 0 radical (unpaired) electrons. The van der Waals surface area contributed by atoms with Crippen molar-refractivity contribution in [2.24, 2.45) is 0 Å². The van der Waals surface area contributed by atoms with Crippen LogP contribution >= 0.6 is 11.6 Å². The average molecular weight is 307 g/mol. The molecule has 1 aromatic heterocycles. The van der Waals surface area contributed by atoms with Crippen molar-refractivity contribution in [2.75, 3.05) is 19.6 Å². The van der Waals surface area contributed by atoms with Crippen molar-refractivity contribution in [2.45, 2.75) is 0 Å². The molecule has 0 atom stereocenters. The highest BCUT2D eigenvalue weighted by atomic mass is 35.5. The van der Waals surface area contributed by atoms with Gasteiger partial charge in [-0.05, 0) is 24.3 Å². The van der Waals surface area contributed by atoms with Gasteiger partial charge in [0.05, 0.1) is 23.5 Å². The summed E-state index contributed by atoms with van der Waals surface area (Å²) < 4.78 is 15.2. The number of benzene rings is 1. The summed E-state index contributed by atoms with van der Waals surface area (Å²) in [5.74, 6) is 0.630. The zero-order valence-electron chi connectivity index (χ0n) is 11.1. The molecule has 0 unspecified atom stereocenters. The average Bonchev–Trinajstić information content (AvgIpc) is 2.96. The normalized spacial score (nSPS) is 12.3. The summed E-state index contributed by atoms with van der Waals surface area (Å²) in [4.78, 5) is 15.9. The number of nitrogen functional groups attached to an aromatic ring is 1. The van der Waals surface area contributed by atoms with Crippen molar-refractivity contribution < 1.29 is 19.0 Å². The van der Waals surface area contributed by atoms with E-state index in [1.54, 1.807) is 24.3 Å². The molecule has 0 bridgehead atoms. The molecule has 108 valence electrons. The lowest BCUT2D eigenvalue weighted by molar-refractivity contribution is 0.0594. The number of hydrogen-bond acceptors (Lipinski definition) is 6. The Hall–Kier alpha value is -2.47. The maximum atomic E-state index is 11.7. The maximum Gasteiger partial charge on any atom is 0.358 e. The molecule has 2 heterocycles. The van der Waals surface area contributed by atoms with E-state index in [0.717, 1.165) is 5.56 Å². The fourth-order valence-corrected chi connectivity index (χ4v) is 2.16. The lowest BCUT2D eigenvalue weighted by Crippen LogP contribution is -2.08. The SMILES string of the molecule is COC(=O)c1nc(-c2ccc3c(c2)OCO3)cc(N)c1Cl. The smallest absolute Gasteiger partial charge is 0.358 e. The number of carbonyl (C=O) groups is 1. The number of hydrogen-bond donors (Lipinski definition) is 1. The fourth-order valence-electron chi connectivity index (χ4n) is 1.98. The number of ether oxygens (including phenoxy) is 3. The van der Waals surface area contributed by atoms with Crippen LogP contribution < -0.4 is 15.2 Å². The summed E-state index contributed by atoms with van der Waals surface area (Å²) in [5, 5.41) is 0.0753. The molecule has 0 fully saturated rings. The largest absolute Gasteiger partial charge is 0.464 e. The van der Waals surface area contributed by atoms with Crippen LogP contribution in [0.4, 0.5) is 5.69 Å². The van der Waals surface area contributed by atoms with Crippen LogP contribution in [0.5, 0.6) is 11.5 Å². The molecule has 1 aliphatic heterocycles. The van der Waals surface area contributed by atoms with Gasteiger partial charge in [-0.3, -0.25) is 0 Å². The van der Waals surface area contributed by atoms with Gasteiger partial charge in [0.1, 0.15) is 0 Å². The number of methoxy groups -OCH3 is 1. The van der Waals surface area contributed by atoms with Crippen molar-refractivity contribution >= 4 is 23.3 Å². The second kappa shape index (κ2) is 5.14. The summed E-state index contributed by atoms with van der Waals surface area (Å²) in [6, 6.07) is 6.91.